The third-order valence-corrected chi connectivity index (χ3v) is 4.40. The predicted molar refractivity (Wildman–Crippen MR) is 93.3 cm³/mol. The molecule has 126 valence electrons. The zero-order valence-corrected chi connectivity index (χ0v) is 14.0. The van der Waals surface area contributed by atoms with Crippen molar-refractivity contribution in [2.45, 2.75) is 25.8 Å². The number of carbonyl (C=O) groups excluding carboxylic acids is 1. The molecule has 0 atom stereocenters. The van der Waals surface area contributed by atoms with Crippen molar-refractivity contribution in [2.24, 2.45) is 0 Å². The van der Waals surface area contributed by atoms with Crippen molar-refractivity contribution in [3.63, 3.8) is 0 Å². The van der Waals surface area contributed by atoms with Crippen LogP contribution in [-0.2, 0) is 17.8 Å². The van der Waals surface area contributed by atoms with Crippen LogP contribution in [0.25, 0.3) is 0 Å². The van der Waals surface area contributed by atoms with Gasteiger partial charge in [0, 0.05) is 57.7 Å². The van der Waals surface area contributed by atoms with E-state index in [9.17, 15) is 4.79 Å². The summed E-state index contributed by atoms with van der Waals surface area (Å²) in [5, 5.41) is 0. The SMILES string of the molecule is O=C(CCc1cccnc1)N1CCCN(Cc2ccccn2)CC1. The number of hydrogen-bond donors (Lipinski definition) is 0. The molecule has 24 heavy (non-hydrogen) atoms. The summed E-state index contributed by atoms with van der Waals surface area (Å²) in [6.07, 6.45) is 7.78. The van der Waals surface area contributed by atoms with Crippen molar-refractivity contribution in [3.8, 4) is 0 Å². The fourth-order valence-corrected chi connectivity index (χ4v) is 3.05. The lowest BCUT2D eigenvalue weighted by Crippen LogP contribution is -2.35. The van der Waals surface area contributed by atoms with Gasteiger partial charge in [-0.05, 0) is 36.6 Å². The topological polar surface area (TPSA) is 49.3 Å². The van der Waals surface area contributed by atoms with Gasteiger partial charge in [-0.2, -0.15) is 0 Å². The molecule has 1 fully saturated rings. The lowest BCUT2D eigenvalue weighted by molar-refractivity contribution is -0.131. The van der Waals surface area contributed by atoms with E-state index >= 15 is 0 Å². The summed E-state index contributed by atoms with van der Waals surface area (Å²) >= 11 is 0. The van der Waals surface area contributed by atoms with Crippen molar-refractivity contribution in [1.82, 2.24) is 19.8 Å². The zero-order chi connectivity index (χ0) is 16.6. The van der Waals surface area contributed by atoms with Gasteiger partial charge in [-0.25, -0.2) is 0 Å². The van der Waals surface area contributed by atoms with Crippen LogP contribution in [0.2, 0.25) is 0 Å². The molecule has 0 aliphatic carbocycles. The molecule has 0 radical (unpaired) electrons. The highest BCUT2D eigenvalue weighted by atomic mass is 16.2. The first-order valence-electron chi connectivity index (χ1n) is 8.60. The molecule has 1 saturated heterocycles. The molecule has 3 heterocycles. The number of aryl methyl sites for hydroxylation is 1. The molecule has 0 aromatic carbocycles. The highest BCUT2D eigenvalue weighted by Gasteiger charge is 2.19. The van der Waals surface area contributed by atoms with E-state index < -0.39 is 0 Å². The van der Waals surface area contributed by atoms with E-state index in [0.29, 0.717) is 6.42 Å². The van der Waals surface area contributed by atoms with Gasteiger partial charge < -0.3 is 4.90 Å². The quantitative estimate of drug-likeness (QED) is 0.845. The molecule has 0 spiro atoms. The van der Waals surface area contributed by atoms with E-state index in [1.807, 2.05) is 41.6 Å². The van der Waals surface area contributed by atoms with Crippen molar-refractivity contribution >= 4 is 5.91 Å². The molecule has 2 aromatic heterocycles. The first kappa shape index (κ1) is 16.6. The summed E-state index contributed by atoms with van der Waals surface area (Å²) in [5.41, 5.74) is 2.21. The first-order valence-corrected chi connectivity index (χ1v) is 8.60. The van der Waals surface area contributed by atoms with Crippen LogP contribution in [0.5, 0.6) is 0 Å². The number of pyridine rings is 2. The second-order valence-electron chi connectivity index (χ2n) is 6.19. The smallest absolute Gasteiger partial charge is 0.222 e. The Morgan fingerprint density at radius 2 is 2.00 bits per heavy atom. The van der Waals surface area contributed by atoms with E-state index in [4.69, 9.17) is 0 Å². The average molecular weight is 324 g/mol. The molecule has 3 rings (SSSR count). The Hall–Kier alpha value is -2.27. The van der Waals surface area contributed by atoms with Crippen LogP contribution in [0.1, 0.15) is 24.1 Å². The lowest BCUT2D eigenvalue weighted by Gasteiger charge is -2.22. The summed E-state index contributed by atoms with van der Waals surface area (Å²) in [4.78, 5) is 25.4. The van der Waals surface area contributed by atoms with Gasteiger partial charge in [0.25, 0.3) is 0 Å². The Morgan fingerprint density at radius 3 is 2.79 bits per heavy atom. The van der Waals surface area contributed by atoms with Crippen LogP contribution >= 0.6 is 0 Å². The second-order valence-corrected chi connectivity index (χ2v) is 6.19. The van der Waals surface area contributed by atoms with Gasteiger partial charge in [-0.15, -0.1) is 0 Å². The Kier molecular flexibility index (Phi) is 5.90. The molecule has 5 heteroatoms. The molecule has 1 aliphatic rings. The third-order valence-electron chi connectivity index (χ3n) is 4.40. The number of rotatable bonds is 5. The number of hydrogen-bond acceptors (Lipinski definition) is 4. The van der Waals surface area contributed by atoms with E-state index in [1.54, 1.807) is 6.20 Å². The maximum absolute atomic E-state index is 12.5. The standard InChI is InChI=1S/C19H24N4O/c24-19(8-7-17-5-3-9-20-15-17)23-12-4-11-22(13-14-23)16-18-6-1-2-10-21-18/h1-3,5-6,9-10,15H,4,7-8,11-14,16H2. The van der Waals surface area contributed by atoms with Crippen LogP contribution in [-0.4, -0.2) is 51.9 Å². The van der Waals surface area contributed by atoms with Gasteiger partial charge in [0.2, 0.25) is 5.91 Å². The zero-order valence-electron chi connectivity index (χ0n) is 14.0. The highest BCUT2D eigenvalue weighted by Crippen LogP contribution is 2.10. The molecule has 2 aromatic rings. The molecule has 0 bridgehead atoms. The minimum atomic E-state index is 0.249. The Balaban J connectivity index is 1.47. The molecule has 1 aliphatic heterocycles. The minimum Gasteiger partial charge on any atom is -0.341 e. The number of carbonyl (C=O) groups is 1. The van der Waals surface area contributed by atoms with Crippen molar-refractivity contribution in [1.29, 1.82) is 0 Å². The summed E-state index contributed by atoms with van der Waals surface area (Å²) < 4.78 is 0. The van der Waals surface area contributed by atoms with Crippen molar-refractivity contribution in [3.05, 3.63) is 60.2 Å². The van der Waals surface area contributed by atoms with Crippen LogP contribution in [0.4, 0.5) is 0 Å². The Bertz CT molecular complexity index is 632. The highest BCUT2D eigenvalue weighted by molar-refractivity contribution is 5.76. The van der Waals surface area contributed by atoms with Crippen molar-refractivity contribution < 1.29 is 4.79 Å². The molecular weight excluding hydrogens is 300 g/mol. The Morgan fingerprint density at radius 1 is 1.04 bits per heavy atom. The second kappa shape index (κ2) is 8.55. The minimum absolute atomic E-state index is 0.249. The maximum atomic E-state index is 12.5. The fraction of sp³-hybridized carbons (Fsp3) is 0.421. The average Bonchev–Trinajstić information content (AvgIpc) is 2.87. The molecule has 0 unspecified atom stereocenters. The van der Waals surface area contributed by atoms with Gasteiger partial charge >= 0.3 is 0 Å². The fourth-order valence-electron chi connectivity index (χ4n) is 3.05. The molecular formula is C19H24N4O. The number of nitrogens with zero attached hydrogens (tertiary/aromatic N) is 4. The van der Waals surface area contributed by atoms with Crippen LogP contribution < -0.4 is 0 Å². The van der Waals surface area contributed by atoms with Gasteiger partial charge in [0.05, 0.1) is 5.69 Å². The normalized spacial score (nSPS) is 15.9. The summed E-state index contributed by atoms with van der Waals surface area (Å²) in [7, 11) is 0. The third kappa shape index (κ3) is 4.86. The lowest BCUT2D eigenvalue weighted by atomic mass is 10.1. The van der Waals surface area contributed by atoms with E-state index in [-0.39, 0.29) is 5.91 Å². The maximum Gasteiger partial charge on any atom is 0.222 e. The van der Waals surface area contributed by atoms with Crippen LogP contribution in [0.15, 0.2) is 48.9 Å². The van der Waals surface area contributed by atoms with Gasteiger partial charge in [-0.3, -0.25) is 19.7 Å². The van der Waals surface area contributed by atoms with Gasteiger partial charge in [0.1, 0.15) is 0 Å². The van der Waals surface area contributed by atoms with E-state index in [2.05, 4.69) is 20.9 Å². The molecule has 5 nitrogen and oxygen atoms in total. The predicted octanol–water partition coefficient (Wildman–Crippen LogP) is 2.14. The molecule has 1 amide bonds. The Labute approximate surface area is 143 Å². The van der Waals surface area contributed by atoms with Gasteiger partial charge in [0.15, 0.2) is 0 Å². The van der Waals surface area contributed by atoms with E-state index in [0.717, 1.165) is 56.8 Å². The largest absolute Gasteiger partial charge is 0.341 e. The number of amides is 1. The number of aromatic nitrogens is 2. The van der Waals surface area contributed by atoms with Crippen LogP contribution in [0.3, 0.4) is 0 Å². The van der Waals surface area contributed by atoms with E-state index in [1.165, 1.54) is 0 Å². The van der Waals surface area contributed by atoms with Gasteiger partial charge in [-0.1, -0.05) is 12.1 Å². The molecule has 0 N–H and O–H groups in total. The first-order chi connectivity index (χ1) is 11.8. The monoisotopic (exact) mass is 324 g/mol. The summed E-state index contributed by atoms with van der Waals surface area (Å²) in [5.74, 6) is 0.249. The summed E-state index contributed by atoms with van der Waals surface area (Å²) in [6, 6.07) is 9.96. The van der Waals surface area contributed by atoms with Crippen LogP contribution in [0, 0.1) is 0 Å². The van der Waals surface area contributed by atoms with Crippen molar-refractivity contribution in [2.75, 3.05) is 26.2 Å². The summed E-state index contributed by atoms with van der Waals surface area (Å²) in [6.45, 7) is 4.44. The molecule has 0 saturated carbocycles.